The predicted octanol–water partition coefficient (Wildman–Crippen LogP) is 1.36. The number of nitrogen functional groups attached to an aromatic ring is 1. The number of rotatable bonds is 1. The zero-order chi connectivity index (χ0) is 14.3. The number of sulfone groups is 1. The zero-order valence-electron chi connectivity index (χ0n) is 11.3. The van der Waals surface area contributed by atoms with E-state index < -0.39 is 9.84 Å². The normalized spacial score (nSPS) is 18.4. The molecule has 0 radical (unpaired) electrons. The quantitative estimate of drug-likeness (QED) is 0.803. The standard InChI is InChI=1S/C14H17N3O2S/c1-10-8-14(17-4-6-20(18,19)7-5-17)12-9-11(15)2-3-13(12)16-10/h2-3,8-9H,4-7,15H2,1H3. The van der Waals surface area contributed by atoms with Crippen molar-refractivity contribution in [2.45, 2.75) is 6.92 Å². The van der Waals surface area contributed by atoms with Gasteiger partial charge in [-0.1, -0.05) is 0 Å². The first-order valence-electron chi connectivity index (χ1n) is 6.57. The Hall–Kier alpha value is -1.82. The number of benzene rings is 1. The van der Waals surface area contributed by atoms with Gasteiger partial charge in [0.05, 0.1) is 17.0 Å². The zero-order valence-corrected chi connectivity index (χ0v) is 12.2. The smallest absolute Gasteiger partial charge is 0.153 e. The minimum absolute atomic E-state index is 0.207. The van der Waals surface area contributed by atoms with E-state index in [0.717, 1.165) is 22.3 Å². The third kappa shape index (κ3) is 2.43. The summed E-state index contributed by atoms with van der Waals surface area (Å²) in [7, 11) is -2.88. The second kappa shape index (κ2) is 4.63. The number of pyridine rings is 1. The number of hydrogen-bond donors (Lipinski definition) is 1. The van der Waals surface area contributed by atoms with E-state index >= 15 is 0 Å². The van der Waals surface area contributed by atoms with Gasteiger partial charge in [-0.25, -0.2) is 8.42 Å². The van der Waals surface area contributed by atoms with Crippen molar-refractivity contribution in [3.63, 3.8) is 0 Å². The summed E-state index contributed by atoms with van der Waals surface area (Å²) in [5.74, 6) is 0.413. The molecule has 0 amide bonds. The van der Waals surface area contributed by atoms with Gasteiger partial charge >= 0.3 is 0 Å². The minimum Gasteiger partial charge on any atom is -0.399 e. The molecule has 1 aromatic carbocycles. The average Bonchev–Trinajstić information content (AvgIpc) is 2.39. The molecule has 1 aromatic heterocycles. The van der Waals surface area contributed by atoms with E-state index in [4.69, 9.17) is 5.73 Å². The van der Waals surface area contributed by atoms with Crippen LogP contribution in [0.15, 0.2) is 24.3 Å². The Morgan fingerprint density at radius 3 is 2.60 bits per heavy atom. The van der Waals surface area contributed by atoms with Gasteiger partial charge in [-0.15, -0.1) is 0 Å². The summed E-state index contributed by atoms with van der Waals surface area (Å²) in [5.41, 5.74) is 9.39. The van der Waals surface area contributed by atoms with E-state index in [1.807, 2.05) is 31.2 Å². The van der Waals surface area contributed by atoms with Gasteiger partial charge in [0.2, 0.25) is 0 Å². The molecule has 5 nitrogen and oxygen atoms in total. The first-order chi connectivity index (χ1) is 9.44. The average molecular weight is 291 g/mol. The molecule has 1 saturated heterocycles. The number of nitrogens with two attached hydrogens (primary N) is 1. The van der Waals surface area contributed by atoms with E-state index in [-0.39, 0.29) is 11.5 Å². The lowest BCUT2D eigenvalue weighted by molar-refractivity contribution is 0.587. The van der Waals surface area contributed by atoms with Crippen molar-refractivity contribution in [2.75, 3.05) is 35.2 Å². The summed E-state index contributed by atoms with van der Waals surface area (Å²) in [6.45, 7) is 2.99. The number of anilines is 2. The van der Waals surface area contributed by atoms with Crippen molar-refractivity contribution in [3.8, 4) is 0 Å². The highest BCUT2D eigenvalue weighted by Gasteiger charge is 2.23. The fraction of sp³-hybridized carbons (Fsp3) is 0.357. The molecule has 106 valence electrons. The second-order valence-electron chi connectivity index (χ2n) is 5.20. The Balaban J connectivity index is 2.09. The number of aromatic nitrogens is 1. The third-order valence-electron chi connectivity index (χ3n) is 3.62. The summed E-state index contributed by atoms with van der Waals surface area (Å²) in [6, 6.07) is 7.64. The van der Waals surface area contributed by atoms with E-state index in [1.165, 1.54) is 0 Å². The molecule has 0 atom stereocenters. The second-order valence-corrected chi connectivity index (χ2v) is 7.50. The number of aryl methyl sites for hydroxylation is 1. The largest absolute Gasteiger partial charge is 0.399 e. The monoisotopic (exact) mass is 291 g/mol. The maximum Gasteiger partial charge on any atom is 0.153 e. The highest BCUT2D eigenvalue weighted by molar-refractivity contribution is 7.91. The van der Waals surface area contributed by atoms with Crippen LogP contribution in [0.2, 0.25) is 0 Å². The molecule has 0 unspecified atom stereocenters. The van der Waals surface area contributed by atoms with Crippen molar-refractivity contribution >= 4 is 32.1 Å². The fourth-order valence-electron chi connectivity index (χ4n) is 2.57. The molecule has 1 aliphatic heterocycles. The Kier molecular flexibility index (Phi) is 3.05. The Labute approximate surface area is 118 Å². The molecule has 20 heavy (non-hydrogen) atoms. The molecule has 2 N–H and O–H groups in total. The van der Waals surface area contributed by atoms with Crippen LogP contribution in [-0.2, 0) is 9.84 Å². The summed E-state index contributed by atoms with van der Waals surface area (Å²) in [6.07, 6.45) is 0. The maximum atomic E-state index is 11.6. The Bertz CT molecular complexity index is 757. The van der Waals surface area contributed by atoms with Crippen LogP contribution in [0.5, 0.6) is 0 Å². The van der Waals surface area contributed by atoms with Crippen LogP contribution in [0.4, 0.5) is 11.4 Å². The van der Waals surface area contributed by atoms with Crippen molar-refractivity contribution in [2.24, 2.45) is 0 Å². The first kappa shape index (κ1) is 13.2. The summed E-state index contributed by atoms with van der Waals surface area (Å²) in [5, 5.41) is 0.981. The summed E-state index contributed by atoms with van der Waals surface area (Å²) < 4.78 is 23.1. The van der Waals surface area contributed by atoms with Gasteiger partial charge in [0.25, 0.3) is 0 Å². The fourth-order valence-corrected chi connectivity index (χ4v) is 3.77. The Morgan fingerprint density at radius 1 is 1.20 bits per heavy atom. The first-order valence-corrected chi connectivity index (χ1v) is 8.39. The molecule has 3 rings (SSSR count). The van der Waals surface area contributed by atoms with Gasteiger partial charge in [-0.3, -0.25) is 4.98 Å². The molecule has 0 saturated carbocycles. The van der Waals surface area contributed by atoms with E-state index in [9.17, 15) is 8.42 Å². The highest BCUT2D eigenvalue weighted by atomic mass is 32.2. The molecule has 0 bridgehead atoms. The molecule has 1 fully saturated rings. The lowest BCUT2D eigenvalue weighted by Crippen LogP contribution is -2.40. The van der Waals surface area contributed by atoms with Crippen LogP contribution in [0.25, 0.3) is 10.9 Å². The van der Waals surface area contributed by atoms with Gasteiger partial charge in [0, 0.05) is 35.5 Å². The molecule has 6 heteroatoms. The van der Waals surface area contributed by atoms with Crippen LogP contribution in [0, 0.1) is 6.92 Å². The van der Waals surface area contributed by atoms with Crippen LogP contribution < -0.4 is 10.6 Å². The van der Waals surface area contributed by atoms with Crippen LogP contribution in [-0.4, -0.2) is 38.0 Å². The molecular weight excluding hydrogens is 274 g/mol. The van der Waals surface area contributed by atoms with E-state index in [0.29, 0.717) is 18.8 Å². The topological polar surface area (TPSA) is 76.3 Å². The summed E-state index contributed by atoms with van der Waals surface area (Å²) in [4.78, 5) is 6.61. The van der Waals surface area contributed by atoms with Crippen molar-refractivity contribution < 1.29 is 8.42 Å². The van der Waals surface area contributed by atoms with Crippen LogP contribution in [0.3, 0.4) is 0 Å². The highest BCUT2D eigenvalue weighted by Crippen LogP contribution is 2.29. The number of hydrogen-bond acceptors (Lipinski definition) is 5. The van der Waals surface area contributed by atoms with Gasteiger partial charge in [-0.2, -0.15) is 0 Å². The van der Waals surface area contributed by atoms with Gasteiger partial charge in [0.15, 0.2) is 9.84 Å². The van der Waals surface area contributed by atoms with Crippen LogP contribution >= 0.6 is 0 Å². The summed E-state index contributed by atoms with van der Waals surface area (Å²) >= 11 is 0. The minimum atomic E-state index is -2.88. The molecule has 2 heterocycles. The van der Waals surface area contributed by atoms with Gasteiger partial charge < -0.3 is 10.6 Å². The van der Waals surface area contributed by atoms with Gasteiger partial charge in [0.1, 0.15) is 0 Å². The SMILES string of the molecule is Cc1cc(N2CCS(=O)(=O)CC2)c2cc(N)ccc2n1. The molecular formula is C14H17N3O2S. The predicted molar refractivity (Wildman–Crippen MR) is 81.8 cm³/mol. The lowest BCUT2D eigenvalue weighted by atomic mass is 10.1. The molecule has 0 aliphatic carbocycles. The number of nitrogens with zero attached hydrogens (tertiary/aromatic N) is 2. The van der Waals surface area contributed by atoms with E-state index in [2.05, 4.69) is 9.88 Å². The molecule has 0 spiro atoms. The number of fused-ring (bicyclic) bond motifs is 1. The molecule has 2 aromatic rings. The Morgan fingerprint density at radius 2 is 1.90 bits per heavy atom. The third-order valence-corrected chi connectivity index (χ3v) is 5.23. The van der Waals surface area contributed by atoms with Crippen molar-refractivity contribution in [1.29, 1.82) is 0 Å². The van der Waals surface area contributed by atoms with Crippen molar-refractivity contribution in [3.05, 3.63) is 30.0 Å². The lowest BCUT2D eigenvalue weighted by Gasteiger charge is -2.30. The molecule has 1 aliphatic rings. The van der Waals surface area contributed by atoms with Crippen LogP contribution in [0.1, 0.15) is 5.69 Å². The van der Waals surface area contributed by atoms with E-state index in [1.54, 1.807) is 0 Å². The van der Waals surface area contributed by atoms with Gasteiger partial charge in [-0.05, 0) is 31.2 Å². The van der Waals surface area contributed by atoms with Crippen molar-refractivity contribution in [1.82, 2.24) is 4.98 Å². The maximum absolute atomic E-state index is 11.6.